The highest BCUT2D eigenvalue weighted by Crippen LogP contribution is 2.34. The SMILES string of the molecule is O=C(CNC1(CO)CC1)NCC(F)(F)F. The Kier molecular flexibility index (Phi) is 3.56. The van der Waals surface area contributed by atoms with Gasteiger partial charge in [0, 0.05) is 5.54 Å². The van der Waals surface area contributed by atoms with Gasteiger partial charge in [-0.3, -0.25) is 4.79 Å². The molecule has 0 aliphatic heterocycles. The van der Waals surface area contributed by atoms with Crippen LogP contribution in [-0.4, -0.2) is 42.4 Å². The maximum atomic E-state index is 11.7. The lowest BCUT2D eigenvalue weighted by atomic mass is 10.3. The molecule has 0 atom stereocenters. The van der Waals surface area contributed by atoms with E-state index < -0.39 is 24.2 Å². The molecule has 7 heteroatoms. The number of rotatable bonds is 5. The Labute approximate surface area is 84.8 Å². The number of carbonyl (C=O) groups is 1. The standard InChI is InChI=1S/C8H13F3N2O2/c9-8(10,11)4-12-6(15)3-13-7(5-14)1-2-7/h13-14H,1-5H2,(H,12,15). The third kappa shape index (κ3) is 4.48. The summed E-state index contributed by atoms with van der Waals surface area (Å²) in [5, 5.41) is 13.3. The van der Waals surface area contributed by atoms with Gasteiger partial charge >= 0.3 is 6.18 Å². The topological polar surface area (TPSA) is 61.4 Å². The average molecular weight is 226 g/mol. The van der Waals surface area contributed by atoms with Crippen LogP contribution in [0, 0.1) is 0 Å². The second kappa shape index (κ2) is 4.36. The molecule has 1 saturated carbocycles. The molecular weight excluding hydrogens is 213 g/mol. The summed E-state index contributed by atoms with van der Waals surface area (Å²) in [6.45, 7) is -1.62. The molecule has 0 saturated heterocycles. The molecule has 0 aromatic carbocycles. The Balaban J connectivity index is 2.14. The van der Waals surface area contributed by atoms with E-state index in [1.807, 2.05) is 0 Å². The second-order valence-corrected chi connectivity index (χ2v) is 3.68. The van der Waals surface area contributed by atoms with Crippen molar-refractivity contribution < 1.29 is 23.1 Å². The average Bonchev–Trinajstić information content (AvgIpc) is 2.91. The van der Waals surface area contributed by atoms with Crippen molar-refractivity contribution in [2.45, 2.75) is 24.6 Å². The van der Waals surface area contributed by atoms with E-state index in [9.17, 15) is 18.0 Å². The van der Waals surface area contributed by atoms with Gasteiger partial charge in [-0.1, -0.05) is 0 Å². The maximum absolute atomic E-state index is 11.7. The summed E-state index contributed by atoms with van der Waals surface area (Å²) in [6, 6.07) is 0. The van der Waals surface area contributed by atoms with Gasteiger partial charge in [0.2, 0.25) is 5.91 Å². The molecule has 0 spiro atoms. The van der Waals surface area contributed by atoms with Crippen molar-refractivity contribution in [2.24, 2.45) is 0 Å². The van der Waals surface area contributed by atoms with Crippen molar-refractivity contribution in [3.8, 4) is 0 Å². The molecule has 0 aromatic heterocycles. The van der Waals surface area contributed by atoms with Gasteiger partial charge < -0.3 is 15.7 Å². The van der Waals surface area contributed by atoms with Crippen molar-refractivity contribution in [1.29, 1.82) is 0 Å². The molecule has 88 valence electrons. The molecular formula is C8H13F3N2O2. The van der Waals surface area contributed by atoms with Gasteiger partial charge in [0.15, 0.2) is 0 Å². The zero-order valence-corrected chi connectivity index (χ0v) is 8.02. The monoisotopic (exact) mass is 226 g/mol. The molecule has 1 fully saturated rings. The fourth-order valence-electron chi connectivity index (χ4n) is 1.07. The maximum Gasteiger partial charge on any atom is 0.405 e. The molecule has 1 amide bonds. The number of halogens is 3. The molecule has 3 N–H and O–H groups in total. The number of aliphatic hydroxyl groups is 1. The lowest BCUT2D eigenvalue weighted by Gasteiger charge is -2.14. The third-order valence-corrected chi connectivity index (χ3v) is 2.27. The van der Waals surface area contributed by atoms with Crippen LogP contribution in [0.5, 0.6) is 0 Å². The number of hydrogen-bond donors (Lipinski definition) is 3. The summed E-state index contributed by atoms with van der Waals surface area (Å²) >= 11 is 0. The van der Waals surface area contributed by atoms with Crippen molar-refractivity contribution >= 4 is 5.91 Å². The van der Waals surface area contributed by atoms with E-state index in [0.29, 0.717) is 0 Å². The largest absolute Gasteiger partial charge is 0.405 e. The summed E-state index contributed by atoms with van der Waals surface area (Å²) in [4.78, 5) is 10.9. The summed E-state index contributed by atoms with van der Waals surface area (Å²) in [6.07, 6.45) is -2.89. The Morgan fingerprint density at radius 2 is 2.00 bits per heavy atom. The van der Waals surface area contributed by atoms with Gasteiger partial charge in [0.05, 0.1) is 13.2 Å². The highest BCUT2D eigenvalue weighted by atomic mass is 19.4. The van der Waals surface area contributed by atoms with Gasteiger partial charge in [-0.15, -0.1) is 0 Å². The molecule has 1 aliphatic rings. The Hall–Kier alpha value is -0.820. The number of hydrogen-bond acceptors (Lipinski definition) is 3. The van der Waals surface area contributed by atoms with E-state index in [0.717, 1.165) is 12.8 Å². The van der Waals surface area contributed by atoms with Crippen molar-refractivity contribution in [3.05, 3.63) is 0 Å². The lowest BCUT2D eigenvalue weighted by molar-refractivity contribution is -0.138. The van der Waals surface area contributed by atoms with Gasteiger partial charge in [0.1, 0.15) is 6.54 Å². The number of nitrogens with one attached hydrogen (secondary N) is 2. The molecule has 1 rings (SSSR count). The van der Waals surface area contributed by atoms with Crippen LogP contribution >= 0.6 is 0 Å². The minimum Gasteiger partial charge on any atom is -0.394 e. The first-order valence-corrected chi connectivity index (χ1v) is 4.56. The van der Waals surface area contributed by atoms with Crippen LogP contribution in [0.2, 0.25) is 0 Å². The first-order chi connectivity index (χ1) is 6.87. The van der Waals surface area contributed by atoms with Crippen LogP contribution in [-0.2, 0) is 4.79 Å². The molecule has 0 bridgehead atoms. The van der Waals surface area contributed by atoms with E-state index in [-0.39, 0.29) is 13.2 Å². The highest BCUT2D eigenvalue weighted by Gasteiger charge is 2.41. The molecule has 0 aromatic rings. The Bertz CT molecular complexity index is 239. The smallest absolute Gasteiger partial charge is 0.394 e. The molecule has 4 nitrogen and oxygen atoms in total. The minimum absolute atomic E-state index is 0.0977. The minimum atomic E-state index is -4.39. The summed E-state index contributed by atoms with van der Waals surface area (Å²) in [5.41, 5.74) is -0.435. The zero-order valence-electron chi connectivity index (χ0n) is 8.02. The summed E-state index contributed by atoms with van der Waals surface area (Å²) < 4.78 is 35.1. The zero-order chi connectivity index (χ0) is 11.5. The molecule has 0 radical (unpaired) electrons. The summed E-state index contributed by atoms with van der Waals surface area (Å²) in [5.74, 6) is -0.716. The van der Waals surface area contributed by atoms with E-state index in [4.69, 9.17) is 5.11 Å². The second-order valence-electron chi connectivity index (χ2n) is 3.68. The Morgan fingerprint density at radius 3 is 2.40 bits per heavy atom. The predicted molar refractivity (Wildman–Crippen MR) is 46.1 cm³/mol. The Morgan fingerprint density at radius 1 is 1.40 bits per heavy atom. The van der Waals surface area contributed by atoms with E-state index in [1.54, 1.807) is 5.32 Å². The van der Waals surface area contributed by atoms with Crippen LogP contribution in [0.4, 0.5) is 13.2 Å². The van der Waals surface area contributed by atoms with Crippen LogP contribution in [0.1, 0.15) is 12.8 Å². The predicted octanol–water partition coefficient (Wildman–Crippen LogP) is -0.221. The fourth-order valence-corrected chi connectivity index (χ4v) is 1.07. The number of amides is 1. The highest BCUT2D eigenvalue weighted by molar-refractivity contribution is 5.78. The van der Waals surface area contributed by atoms with Gasteiger partial charge in [-0.25, -0.2) is 0 Å². The molecule has 15 heavy (non-hydrogen) atoms. The lowest BCUT2D eigenvalue weighted by Crippen LogP contribution is -2.44. The van der Waals surface area contributed by atoms with E-state index in [1.165, 1.54) is 0 Å². The van der Waals surface area contributed by atoms with Gasteiger partial charge in [-0.2, -0.15) is 13.2 Å². The normalized spacial score (nSPS) is 18.7. The quantitative estimate of drug-likeness (QED) is 0.607. The molecule has 1 aliphatic carbocycles. The van der Waals surface area contributed by atoms with E-state index >= 15 is 0 Å². The van der Waals surface area contributed by atoms with Gasteiger partial charge in [0.25, 0.3) is 0 Å². The molecule has 0 heterocycles. The first kappa shape index (κ1) is 12.3. The number of alkyl halides is 3. The van der Waals surface area contributed by atoms with Gasteiger partial charge in [-0.05, 0) is 12.8 Å². The summed E-state index contributed by atoms with van der Waals surface area (Å²) in [7, 11) is 0. The number of aliphatic hydroxyl groups excluding tert-OH is 1. The number of carbonyl (C=O) groups excluding carboxylic acids is 1. The van der Waals surface area contributed by atoms with Crippen LogP contribution in [0.15, 0.2) is 0 Å². The van der Waals surface area contributed by atoms with E-state index in [2.05, 4.69) is 5.32 Å². The van der Waals surface area contributed by atoms with Crippen molar-refractivity contribution in [2.75, 3.05) is 19.7 Å². The van der Waals surface area contributed by atoms with Crippen LogP contribution in [0.25, 0.3) is 0 Å². The third-order valence-electron chi connectivity index (χ3n) is 2.27. The first-order valence-electron chi connectivity index (χ1n) is 4.56. The molecule has 0 unspecified atom stereocenters. The van der Waals surface area contributed by atoms with Crippen molar-refractivity contribution in [3.63, 3.8) is 0 Å². The van der Waals surface area contributed by atoms with Crippen LogP contribution in [0.3, 0.4) is 0 Å². The van der Waals surface area contributed by atoms with Crippen LogP contribution < -0.4 is 10.6 Å². The fraction of sp³-hybridized carbons (Fsp3) is 0.875. The van der Waals surface area contributed by atoms with Crippen molar-refractivity contribution in [1.82, 2.24) is 10.6 Å².